The van der Waals surface area contributed by atoms with Crippen LogP contribution in [0, 0.1) is 0 Å². The summed E-state index contributed by atoms with van der Waals surface area (Å²) in [5.74, 6) is 1.03. The maximum atomic E-state index is 12.4. The molecule has 4 nitrogen and oxygen atoms in total. The Morgan fingerprint density at radius 2 is 2.05 bits per heavy atom. The summed E-state index contributed by atoms with van der Waals surface area (Å²) in [6.45, 7) is 4.19. The fourth-order valence-corrected chi connectivity index (χ4v) is 4.12. The summed E-state index contributed by atoms with van der Waals surface area (Å²) in [6.07, 6.45) is 4.75. The van der Waals surface area contributed by atoms with Crippen molar-refractivity contribution in [2.45, 2.75) is 37.0 Å². The highest BCUT2D eigenvalue weighted by Gasteiger charge is 2.29. The Kier molecular flexibility index (Phi) is 5.98. The van der Waals surface area contributed by atoms with Crippen LogP contribution in [0.5, 0.6) is 0 Å². The maximum Gasteiger partial charge on any atom is 0.232 e. The van der Waals surface area contributed by atoms with Crippen LogP contribution in [0.2, 0.25) is 0 Å². The first-order chi connectivity index (χ1) is 9.16. The highest BCUT2D eigenvalue weighted by Crippen LogP contribution is 2.23. The van der Waals surface area contributed by atoms with Gasteiger partial charge in [0.25, 0.3) is 0 Å². The largest absolute Gasteiger partial charge is 0.338 e. The van der Waals surface area contributed by atoms with Gasteiger partial charge in [0.2, 0.25) is 5.91 Å². The Labute approximate surface area is 121 Å². The Morgan fingerprint density at radius 3 is 2.74 bits per heavy atom. The third-order valence-electron chi connectivity index (χ3n) is 4.00. The molecule has 0 bridgehead atoms. The molecule has 2 aliphatic heterocycles. The van der Waals surface area contributed by atoms with E-state index in [1.165, 1.54) is 25.7 Å². The number of likely N-dealkylation sites (N-methyl/N-ethyl adjacent to an activating group) is 1. The maximum absolute atomic E-state index is 12.4. The number of piperidine rings is 1. The molecule has 2 heterocycles. The molecule has 0 aromatic rings. The number of thioether (sulfide) groups is 1. The number of carbonyl (C=O) groups is 1. The van der Waals surface area contributed by atoms with E-state index >= 15 is 0 Å². The van der Waals surface area contributed by atoms with Crippen molar-refractivity contribution >= 4 is 17.7 Å². The molecule has 110 valence electrons. The van der Waals surface area contributed by atoms with E-state index in [9.17, 15) is 4.79 Å². The van der Waals surface area contributed by atoms with Crippen LogP contribution in [-0.4, -0.2) is 73.0 Å². The van der Waals surface area contributed by atoms with Crippen LogP contribution >= 0.6 is 11.8 Å². The number of nitrogens with zero attached hydrogens (tertiary/aromatic N) is 2. The average molecular weight is 285 g/mol. The number of hydrogen-bond donors (Lipinski definition) is 1. The number of likely N-dealkylation sites (tertiary alicyclic amines) is 1. The van der Waals surface area contributed by atoms with E-state index in [0.29, 0.717) is 23.0 Å². The lowest BCUT2D eigenvalue weighted by Crippen LogP contribution is -2.42. The second-order valence-electron chi connectivity index (χ2n) is 5.91. The third kappa shape index (κ3) is 4.65. The first kappa shape index (κ1) is 15.1. The Bertz CT molecular complexity index is 292. The number of amides is 1. The van der Waals surface area contributed by atoms with Gasteiger partial charge in [-0.1, -0.05) is 0 Å². The fraction of sp³-hybridized carbons (Fsp3) is 0.929. The van der Waals surface area contributed by atoms with Crippen molar-refractivity contribution in [2.24, 2.45) is 0 Å². The molecule has 5 heteroatoms. The van der Waals surface area contributed by atoms with Gasteiger partial charge in [-0.15, -0.1) is 11.8 Å². The molecule has 1 amide bonds. The summed E-state index contributed by atoms with van der Waals surface area (Å²) < 4.78 is 0. The Balaban J connectivity index is 1.75. The predicted molar refractivity (Wildman–Crippen MR) is 81.6 cm³/mol. The van der Waals surface area contributed by atoms with Crippen LogP contribution < -0.4 is 5.32 Å². The van der Waals surface area contributed by atoms with Crippen molar-refractivity contribution in [1.29, 1.82) is 0 Å². The van der Waals surface area contributed by atoms with Crippen LogP contribution in [-0.2, 0) is 4.79 Å². The van der Waals surface area contributed by atoms with Crippen molar-refractivity contribution in [3.63, 3.8) is 0 Å². The zero-order valence-corrected chi connectivity index (χ0v) is 13.0. The van der Waals surface area contributed by atoms with Crippen LogP contribution in [0.25, 0.3) is 0 Å². The van der Waals surface area contributed by atoms with Crippen LogP contribution in [0.15, 0.2) is 0 Å². The van der Waals surface area contributed by atoms with E-state index in [-0.39, 0.29) is 0 Å². The van der Waals surface area contributed by atoms with Crippen molar-refractivity contribution in [3.8, 4) is 0 Å². The lowest BCUT2D eigenvalue weighted by Gasteiger charge is -2.28. The van der Waals surface area contributed by atoms with Gasteiger partial charge in [-0.05, 0) is 52.9 Å². The first-order valence-corrected chi connectivity index (χ1v) is 8.48. The smallest absolute Gasteiger partial charge is 0.232 e. The molecule has 1 unspecified atom stereocenters. The Morgan fingerprint density at radius 1 is 1.32 bits per heavy atom. The standard InChI is InChI=1S/C14H27N3OS/c1-16(2)10-12-4-3-9-17(12)14(18)11-19-13-5-7-15-8-6-13/h12-13,15H,3-11H2,1-2H3. The summed E-state index contributed by atoms with van der Waals surface area (Å²) in [4.78, 5) is 16.7. The number of rotatable bonds is 5. The molecule has 0 saturated carbocycles. The fourth-order valence-electron chi connectivity index (χ4n) is 3.01. The number of hydrogen-bond acceptors (Lipinski definition) is 4. The average Bonchev–Trinajstić information content (AvgIpc) is 2.84. The molecular weight excluding hydrogens is 258 g/mol. The topological polar surface area (TPSA) is 35.6 Å². The summed E-state index contributed by atoms with van der Waals surface area (Å²) in [5, 5.41) is 4.05. The molecule has 1 N–H and O–H groups in total. The van der Waals surface area contributed by atoms with Gasteiger partial charge >= 0.3 is 0 Å². The van der Waals surface area contributed by atoms with Gasteiger partial charge in [-0.25, -0.2) is 0 Å². The third-order valence-corrected chi connectivity index (χ3v) is 5.36. The molecule has 0 spiro atoms. The first-order valence-electron chi connectivity index (χ1n) is 7.43. The predicted octanol–water partition coefficient (Wildman–Crippen LogP) is 1.02. The molecule has 2 rings (SSSR count). The SMILES string of the molecule is CN(C)CC1CCCN1C(=O)CSC1CCNCC1. The molecule has 0 aromatic carbocycles. The van der Waals surface area contributed by atoms with E-state index in [1.807, 2.05) is 11.8 Å². The van der Waals surface area contributed by atoms with E-state index in [2.05, 4.69) is 29.2 Å². The zero-order chi connectivity index (χ0) is 13.7. The van der Waals surface area contributed by atoms with Crippen molar-refractivity contribution in [3.05, 3.63) is 0 Å². The summed E-state index contributed by atoms with van der Waals surface area (Å²) >= 11 is 1.87. The molecule has 0 aromatic heterocycles. The van der Waals surface area contributed by atoms with Crippen LogP contribution in [0.3, 0.4) is 0 Å². The minimum Gasteiger partial charge on any atom is -0.338 e. The van der Waals surface area contributed by atoms with E-state index in [0.717, 1.165) is 26.2 Å². The molecular formula is C14H27N3OS. The van der Waals surface area contributed by atoms with Gasteiger partial charge in [0.05, 0.1) is 5.75 Å². The minimum absolute atomic E-state index is 0.355. The van der Waals surface area contributed by atoms with Crippen LogP contribution in [0.1, 0.15) is 25.7 Å². The van der Waals surface area contributed by atoms with Gasteiger partial charge in [-0.3, -0.25) is 4.79 Å². The normalized spacial score (nSPS) is 25.2. The van der Waals surface area contributed by atoms with Gasteiger partial charge in [0.1, 0.15) is 0 Å². The van der Waals surface area contributed by atoms with Crippen molar-refractivity contribution in [2.75, 3.05) is 46.0 Å². The zero-order valence-electron chi connectivity index (χ0n) is 12.2. The van der Waals surface area contributed by atoms with Gasteiger partial charge in [0.15, 0.2) is 0 Å². The minimum atomic E-state index is 0.355. The molecule has 1 atom stereocenters. The quantitative estimate of drug-likeness (QED) is 0.818. The molecule has 19 heavy (non-hydrogen) atoms. The van der Waals surface area contributed by atoms with Crippen LogP contribution in [0.4, 0.5) is 0 Å². The van der Waals surface area contributed by atoms with Gasteiger partial charge < -0.3 is 15.1 Å². The van der Waals surface area contributed by atoms with Gasteiger partial charge in [-0.2, -0.15) is 0 Å². The number of nitrogens with one attached hydrogen (secondary N) is 1. The second kappa shape index (κ2) is 7.50. The van der Waals surface area contributed by atoms with Gasteiger partial charge in [0, 0.05) is 24.4 Å². The molecule has 2 saturated heterocycles. The lowest BCUT2D eigenvalue weighted by atomic mass is 10.2. The highest BCUT2D eigenvalue weighted by molar-refractivity contribution is 8.00. The Hall–Kier alpha value is -0.260. The molecule has 2 aliphatic rings. The molecule has 0 aliphatic carbocycles. The second-order valence-corrected chi connectivity index (χ2v) is 7.19. The summed E-state index contributed by atoms with van der Waals surface area (Å²) in [7, 11) is 4.18. The lowest BCUT2D eigenvalue weighted by molar-refractivity contribution is -0.129. The molecule has 2 fully saturated rings. The van der Waals surface area contributed by atoms with E-state index in [1.54, 1.807) is 0 Å². The monoisotopic (exact) mass is 285 g/mol. The summed E-state index contributed by atoms with van der Waals surface area (Å²) in [6, 6.07) is 0.441. The van der Waals surface area contributed by atoms with Crippen molar-refractivity contribution in [1.82, 2.24) is 15.1 Å². The summed E-state index contributed by atoms with van der Waals surface area (Å²) in [5.41, 5.74) is 0. The van der Waals surface area contributed by atoms with E-state index in [4.69, 9.17) is 0 Å². The molecule has 0 radical (unpaired) electrons. The van der Waals surface area contributed by atoms with E-state index < -0.39 is 0 Å². The highest BCUT2D eigenvalue weighted by atomic mass is 32.2. The van der Waals surface area contributed by atoms with Crippen molar-refractivity contribution < 1.29 is 4.79 Å². The number of carbonyl (C=O) groups excluding carboxylic acids is 1.